The number of rotatable bonds is 1. The van der Waals surface area contributed by atoms with Gasteiger partial charge in [-0.05, 0) is 12.2 Å². The SMILES string of the molecule is CC(C)(C)c1nc(N)nc(N2CCCSCC2)n1. The molecule has 0 atom stereocenters. The van der Waals surface area contributed by atoms with Crippen LogP contribution >= 0.6 is 11.8 Å². The van der Waals surface area contributed by atoms with Gasteiger partial charge in [0.1, 0.15) is 5.82 Å². The van der Waals surface area contributed by atoms with Gasteiger partial charge in [0.05, 0.1) is 0 Å². The molecular formula is C12H21N5S. The molecule has 1 fully saturated rings. The predicted molar refractivity (Wildman–Crippen MR) is 77.1 cm³/mol. The topological polar surface area (TPSA) is 67.9 Å². The zero-order valence-electron chi connectivity index (χ0n) is 11.3. The molecule has 0 amide bonds. The number of aromatic nitrogens is 3. The molecule has 2 heterocycles. The predicted octanol–water partition coefficient (Wildman–Crippen LogP) is 1.69. The zero-order valence-corrected chi connectivity index (χ0v) is 12.1. The number of nitrogens with two attached hydrogens (primary N) is 1. The van der Waals surface area contributed by atoms with E-state index in [4.69, 9.17) is 5.73 Å². The van der Waals surface area contributed by atoms with Crippen molar-refractivity contribution in [1.29, 1.82) is 0 Å². The molecule has 2 rings (SSSR count). The van der Waals surface area contributed by atoms with E-state index in [0.717, 1.165) is 30.6 Å². The average Bonchev–Trinajstić information content (AvgIpc) is 2.55. The monoisotopic (exact) mass is 267 g/mol. The lowest BCUT2D eigenvalue weighted by molar-refractivity contribution is 0.541. The molecule has 2 N–H and O–H groups in total. The van der Waals surface area contributed by atoms with Gasteiger partial charge in [0.2, 0.25) is 11.9 Å². The Morgan fingerprint density at radius 3 is 2.61 bits per heavy atom. The molecule has 0 spiro atoms. The summed E-state index contributed by atoms with van der Waals surface area (Å²) in [4.78, 5) is 15.3. The van der Waals surface area contributed by atoms with Gasteiger partial charge < -0.3 is 10.6 Å². The number of hydrogen-bond donors (Lipinski definition) is 1. The van der Waals surface area contributed by atoms with Gasteiger partial charge >= 0.3 is 0 Å². The smallest absolute Gasteiger partial charge is 0.230 e. The Morgan fingerprint density at radius 1 is 1.11 bits per heavy atom. The van der Waals surface area contributed by atoms with Gasteiger partial charge in [0, 0.05) is 24.3 Å². The first-order valence-corrected chi connectivity index (χ1v) is 7.47. The summed E-state index contributed by atoms with van der Waals surface area (Å²) in [6, 6.07) is 0. The molecule has 1 aromatic heterocycles. The Kier molecular flexibility index (Phi) is 3.94. The summed E-state index contributed by atoms with van der Waals surface area (Å²) < 4.78 is 0. The molecule has 1 aromatic rings. The van der Waals surface area contributed by atoms with Gasteiger partial charge in [-0.3, -0.25) is 0 Å². The fraction of sp³-hybridized carbons (Fsp3) is 0.750. The van der Waals surface area contributed by atoms with Crippen LogP contribution in [0.25, 0.3) is 0 Å². The third-order valence-electron chi connectivity index (χ3n) is 2.82. The number of nitrogens with zero attached hydrogens (tertiary/aromatic N) is 4. The Morgan fingerprint density at radius 2 is 1.89 bits per heavy atom. The molecule has 100 valence electrons. The van der Waals surface area contributed by atoms with Crippen LogP contribution in [-0.2, 0) is 5.41 Å². The van der Waals surface area contributed by atoms with E-state index in [1.807, 2.05) is 11.8 Å². The van der Waals surface area contributed by atoms with Crippen LogP contribution in [0.3, 0.4) is 0 Å². The van der Waals surface area contributed by atoms with Crippen LogP contribution in [0.1, 0.15) is 33.0 Å². The maximum Gasteiger partial charge on any atom is 0.230 e. The van der Waals surface area contributed by atoms with Crippen LogP contribution in [0.4, 0.5) is 11.9 Å². The first-order chi connectivity index (χ1) is 8.47. The minimum atomic E-state index is -0.105. The van der Waals surface area contributed by atoms with Crippen LogP contribution in [0, 0.1) is 0 Å². The van der Waals surface area contributed by atoms with Gasteiger partial charge in [-0.15, -0.1) is 0 Å². The van der Waals surface area contributed by atoms with E-state index in [2.05, 4.69) is 40.6 Å². The van der Waals surface area contributed by atoms with E-state index in [1.54, 1.807) is 0 Å². The van der Waals surface area contributed by atoms with Crippen LogP contribution in [0.2, 0.25) is 0 Å². The third-order valence-corrected chi connectivity index (χ3v) is 3.87. The van der Waals surface area contributed by atoms with Crippen molar-refractivity contribution in [1.82, 2.24) is 15.0 Å². The molecule has 0 unspecified atom stereocenters. The highest BCUT2D eigenvalue weighted by atomic mass is 32.2. The zero-order chi connectivity index (χ0) is 13.2. The summed E-state index contributed by atoms with van der Waals surface area (Å²) in [5.74, 6) is 4.15. The van der Waals surface area contributed by atoms with E-state index >= 15 is 0 Å². The molecule has 0 radical (unpaired) electrons. The first-order valence-electron chi connectivity index (χ1n) is 6.31. The van der Waals surface area contributed by atoms with E-state index in [0.29, 0.717) is 5.95 Å². The van der Waals surface area contributed by atoms with Crippen molar-refractivity contribution in [2.75, 3.05) is 35.2 Å². The standard InChI is InChI=1S/C12H21N5S/c1-12(2,3)9-14-10(13)16-11(15-9)17-5-4-7-18-8-6-17/h4-8H2,1-3H3,(H2,13,14,15,16). The fourth-order valence-corrected chi connectivity index (χ4v) is 2.69. The molecule has 0 saturated carbocycles. The van der Waals surface area contributed by atoms with E-state index in [1.165, 1.54) is 12.2 Å². The van der Waals surface area contributed by atoms with Crippen LogP contribution in [-0.4, -0.2) is 39.5 Å². The van der Waals surface area contributed by atoms with Gasteiger partial charge in [-0.2, -0.15) is 26.7 Å². The Bertz CT molecular complexity index is 407. The van der Waals surface area contributed by atoms with Crippen molar-refractivity contribution in [2.24, 2.45) is 0 Å². The van der Waals surface area contributed by atoms with Crippen molar-refractivity contribution in [3.05, 3.63) is 5.82 Å². The highest BCUT2D eigenvalue weighted by Gasteiger charge is 2.21. The van der Waals surface area contributed by atoms with Crippen molar-refractivity contribution in [3.8, 4) is 0 Å². The quantitative estimate of drug-likeness (QED) is 0.835. The van der Waals surface area contributed by atoms with Gasteiger partial charge in [0.15, 0.2) is 0 Å². The second-order valence-corrected chi connectivity index (χ2v) is 6.74. The molecule has 5 nitrogen and oxygen atoms in total. The number of thioether (sulfide) groups is 1. The summed E-state index contributed by atoms with van der Waals surface area (Å²) in [5, 5.41) is 0. The van der Waals surface area contributed by atoms with Crippen molar-refractivity contribution >= 4 is 23.7 Å². The summed E-state index contributed by atoms with van der Waals surface area (Å²) in [7, 11) is 0. The average molecular weight is 267 g/mol. The second kappa shape index (κ2) is 5.30. The Labute approximate surface area is 113 Å². The molecule has 0 aromatic carbocycles. The Hall–Kier alpha value is -1.04. The van der Waals surface area contributed by atoms with Crippen LogP contribution in [0.5, 0.6) is 0 Å². The summed E-state index contributed by atoms with van der Waals surface area (Å²) >= 11 is 1.98. The minimum Gasteiger partial charge on any atom is -0.368 e. The summed E-state index contributed by atoms with van der Waals surface area (Å²) in [6.07, 6.45) is 1.17. The molecule has 6 heteroatoms. The maximum atomic E-state index is 5.81. The number of hydrogen-bond acceptors (Lipinski definition) is 6. The largest absolute Gasteiger partial charge is 0.368 e. The highest BCUT2D eigenvalue weighted by Crippen LogP contribution is 2.22. The van der Waals surface area contributed by atoms with Gasteiger partial charge in [0.25, 0.3) is 0 Å². The molecule has 1 saturated heterocycles. The third kappa shape index (κ3) is 3.25. The highest BCUT2D eigenvalue weighted by molar-refractivity contribution is 7.99. The number of nitrogen functional groups attached to an aromatic ring is 1. The molecule has 0 aliphatic carbocycles. The van der Waals surface area contributed by atoms with Crippen LogP contribution < -0.4 is 10.6 Å². The molecule has 1 aliphatic heterocycles. The van der Waals surface area contributed by atoms with Crippen molar-refractivity contribution in [2.45, 2.75) is 32.6 Å². The minimum absolute atomic E-state index is 0.105. The lowest BCUT2D eigenvalue weighted by Crippen LogP contribution is -2.29. The number of anilines is 2. The fourth-order valence-electron chi connectivity index (χ4n) is 1.80. The molecule has 1 aliphatic rings. The van der Waals surface area contributed by atoms with Crippen molar-refractivity contribution < 1.29 is 0 Å². The van der Waals surface area contributed by atoms with E-state index in [9.17, 15) is 0 Å². The van der Waals surface area contributed by atoms with E-state index < -0.39 is 0 Å². The molecule has 0 bridgehead atoms. The van der Waals surface area contributed by atoms with Gasteiger partial charge in [-0.1, -0.05) is 20.8 Å². The summed E-state index contributed by atoms with van der Waals surface area (Å²) in [6.45, 7) is 8.25. The van der Waals surface area contributed by atoms with Crippen LogP contribution in [0.15, 0.2) is 0 Å². The second-order valence-electron chi connectivity index (χ2n) is 5.52. The van der Waals surface area contributed by atoms with E-state index in [-0.39, 0.29) is 5.41 Å². The lowest BCUT2D eigenvalue weighted by atomic mass is 9.96. The lowest BCUT2D eigenvalue weighted by Gasteiger charge is -2.23. The normalized spacial score (nSPS) is 17.6. The van der Waals surface area contributed by atoms with Crippen molar-refractivity contribution in [3.63, 3.8) is 0 Å². The molecular weight excluding hydrogens is 246 g/mol. The maximum absolute atomic E-state index is 5.81. The first kappa shape index (κ1) is 13.4. The molecule has 18 heavy (non-hydrogen) atoms. The summed E-state index contributed by atoms with van der Waals surface area (Å²) in [5.41, 5.74) is 5.70. The Balaban J connectivity index is 2.29. The van der Waals surface area contributed by atoms with Gasteiger partial charge in [-0.25, -0.2) is 0 Å².